The molecule has 2 N–H and O–H groups in total. The molecule has 0 aliphatic carbocycles. The molecule has 0 radical (unpaired) electrons. The minimum atomic E-state index is -0.406. The van der Waals surface area contributed by atoms with E-state index >= 15 is 0 Å². The number of halogens is 1. The van der Waals surface area contributed by atoms with Crippen molar-refractivity contribution in [2.24, 2.45) is 17.6 Å². The van der Waals surface area contributed by atoms with Gasteiger partial charge in [0.25, 0.3) is 0 Å². The summed E-state index contributed by atoms with van der Waals surface area (Å²) in [5.41, 5.74) is 5.91. The van der Waals surface area contributed by atoms with E-state index in [2.05, 4.69) is 0 Å². The van der Waals surface area contributed by atoms with Gasteiger partial charge in [0.1, 0.15) is 5.75 Å². The zero-order valence-corrected chi connectivity index (χ0v) is 15.4. The van der Waals surface area contributed by atoms with Crippen LogP contribution >= 0.6 is 11.6 Å². The predicted molar refractivity (Wildman–Crippen MR) is 97.0 cm³/mol. The first kappa shape index (κ1) is 18.5. The van der Waals surface area contributed by atoms with Gasteiger partial charge in [-0.3, -0.25) is 14.4 Å². The second-order valence-electron chi connectivity index (χ2n) is 6.72. The topological polar surface area (TPSA) is 92.9 Å². The third kappa shape index (κ3) is 3.62. The smallest absolute Gasteiger partial charge is 0.228 e. The molecule has 0 unspecified atom stereocenters. The number of hydrogen-bond acceptors (Lipinski definition) is 4. The molecule has 0 bridgehead atoms. The lowest BCUT2D eigenvalue weighted by atomic mass is 9.95. The molecule has 1 aromatic rings. The third-order valence-corrected chi connectivity index (χ3v) is 5.35. The predicted octanol–water partition coefficient (Wildman–Crippen LogP) is 1.43. The molecule has 8 heteroatoms. The highest BCUT2D eigenvalue weighted by molar-refractivity contribution is 6.31. The molecule has 26 heavy (non-hydrogen) atoms. The maximum Gasteiger partial charge on any atom is 0.228 e. The Morgan fingerprint density at radius 1 is 1.23 bits per heavy atom. The van der Waals surface area contributed by atoms with Crippen LogP contribution in [0.2, 0.25) is 5.02 Å². The van der Waals surface area contributed by atoms with Gasteiger partial charge in [-0.1, -0.05) is 11.6 Å². The molecule has 1 aromatic carbocycles. The van der Waals surface area contributed by atoms with Crippen molar-refractivity contribution >= 4 is 35.0 Å². The summed E-state index contributed by atoms with van der Waals surface area (Å²) in [6.07, 6.45) is 1.31. The molecule has 2 aliphatic rings. The van der Waals surface area contributed by atoms with Crippen LogP contribution in [-0.4, -0.2) is 49.4 Å². The van der Waals surface area contributed by atoms with E-state index in [0.717, 1.165) is 0 Å². The number of ether oxygens (including phenoxy) is 1. The van der Waals surface area contributed by atoms with Crippen molar-refractivity contribution in [3.05, 3.63) is 23.2 Å². The van der Waals surface area contributed by atoms with Gasteiger partial charge in [0, 0.05) is 37.0 Å². The first-order valence-electron chi connectivity index (χ1n) is 8.62. The standard InChI is InChI=1S/C18H22ClN3O4/c1-26-15-3-2-13(19)9-14(15)22-10-12(8-16(22)23)18(25)21-6-4-11(5-7-21)17(20)24/h2-3,9,11-12H,4-8,10H2,1H3,(H2,20,24)/t12-/m1/s1. The van der Waals surface area contributed by atoms with Crippen LogP contribution in [0.3, 0.4) is 0 Å². The molecule has 0 aromatic heterocycles. The van der Waals surface area contributed by atoms with E-state index in [9.17, 15) is 14.4 Å². The number of methoxy groups -OCH3 is 1. The molecule has 7 nitrogen and oxygen atoms in total. The summed E-state index contributed by atoms with van der Waals surface area (Å²) >= 11 is 6.05. The number of carbonyl (C=O) groups is 3. The number of primary amides is 1. The molecule has 3 amide bonds. The van der Waals surface area contributed by atoms with E-state index in [-0.39, 0.29) is 30.1 Å². The van der Waals surface area contributed by atoms with Crippen LogP contribution in [0.1, 0.15) is 19.3 Å². The number of nitrogens with two attached hydrogens (primary N) is 1. The Bertz CT molecular complexity index is 731. The summed E-state index contributed by atoms with van der Waals surface area (Å²) in [5.74, 6) is -0.529. The lowest BCUT2D eigenvalue weighted by Gasteiger charge is -2.32. The molecule has 3 rings (SSSR count). The van der Waals surface area contributed by atoms with Crippen LogP contribution in [0, 0.1) is 11.8 Å². The average Bonchev–Trinajstić information content (AvgIpc) is 3.02. The number of rotatable bonds is 4. The fraction of sp³-hybridized carbons (Fsp3) is 0.500. The number of benzene rings is 1. The van der Waals surface area contributed by atoms with Crippen molar-refractivity contribution < 1.29 is 19.1 Å². The first-order valence-corrected chi connectivity index (χ1v) is 9.00. The van der Waals surface area contributed by atoms with E-state index in [0.29, 0.717) is 48.9 Å². The van der Waals surface area contributed by atoms with Gasteiger partial charge >= 0.3 is 0 Å². The Hall–Kier alpha value is -2.28. The Balaban J connectivity index is 1.69. The van der Waals surface area contributed by atoms with Gasteiger partial charge in [0.15, 0.2) is 0 Å². The van der Waals surface area contributed by atoms with Gasteiger partial charge in [0.05, 0.1) is 18.7 Å². The van der Waals surface area contributed by atoms with Gasteiger partial charge in [0.2, 0.25) is 17.7 Å². The molecule has 2 aliphatic heterocycles. The maximum atomic E-state index is 12.8. The highest BCUT2D eigenvalue weighted by atomic mass is 35.5. The fourth-order valence-corrected chi connectivity index (χ4v) is 3.79. The summed E-state index contributed by atoms with van der Waals surface area (Å²) < 4.78 is 5.32. The molecular formula is C18H22ClN3O4. The average molecular weight is 380 g/mol. The number of piperidine rings is 1. The van der Waals surface area contributed by atoms with Crippen LogP contribution in [0.5, 0.6) is 5.75 Å². The summed E-state index contributed by atoms with van der Waals surface area (Å²) in [6.45, 7) is 1.29. The van der Waals surface area contributed by atoms with E-state index in [4.69, 9.17) is 22.1 Å². The normalized spacial score (nSPS) is 21.2. The Kier molecular flexibility index (Phi) is 5.36. The van der Waals surface area contributed by atoms with Crippen molar-refractivity contribution in [2.75, 3.05) is 31.6 Å². The van der Waals surface area contributed by atoms with E-state index < -0.39 is 5.92 Å². The molecule has 2 saturated heterocycles. The number of nitrogens with zero attached hydrogens (tertiary/aromatic N) is 2. The molecule has 0 spiro atoms. The lowest BCUT2D eigenvalue weighted by molar-refractivity contribution is -0.138. The minimum Gasteiger partial charge on any atom is -0.495 e. The van der Waals surface area contributed by atoms with Gasteiger partial charge < -0.3 is 20.3 Å². The highest BCUT2D eigenvalue weighted by Gasteiger charge is 2.39. The quantitative estimate of drug-likeness (QED) is 0.856. The van der Waals surface area contributed by atoms with E-state index in [1.807, 2.05) is 0 Å². The summed E-state index contributed by atoms with van der Waals surface area (Å²) in [7, 11) is 1.53. The fourth-order valence-electron chi connectivity index (χ4n) is 3.62. The van der Waals surface area contributed by atoms with Crippen molar-refractivity contribution in [1.82, 2.24) is 4.90 Å². The number of anilines is 1. The number of likely N-dealkylation sites (tertiary alicyclic amines) is 1. The summed E-state index contributed by atoms with van der Waals surface area (Å²) in [6, 6.07) is 5.06. The Morgan fingerprint density at radius 3 is 2.54 bits per heavy atom. The van der Waals surface area contributed by atoms with E-state index in [1.54, 1.807) is 28.0 Å². The minimum absolute atomic E-state index is 0.0511. The van der Waals surface area contributed by atoms with Crippen molar-refractivity contribution in [3.8, 4) is 5.75 Å². The van der Waals surface area contributed by atoms with Crippen molar-refractivity contribution in [3.63, 3.8) is 0 Å². The lowest BCUT2D eigenvalue weighted by Crippen LogP contribution is -2.44. The zero-order chi connectivity index (χ0) is 18.8. The Morgan fingerprint density at radius 2 is 1.92 bits per heavy atom. The maximum absolute atomic E-state index is 12.8. The van der Waals surface area contributed by atoms with Crippen LogP contribution < -0.4 is 15.4 Å². The summed E-state index contributed by atoms with van der Waals surface area (Å²) in [5, 5.41) is 0.497. The first-order chi connectivity index (χ1) is 12.4. The highest BCUT2D eigenvalue weighted by Crippen LogP contribution is 2.35. The molecule has 2 fully saturated rings. The molecular weight excluding hydrogens is 358 g/mol. The van der Waals surface area contributed by atoms with Gasteiger partial charge in [-0.15, -0.1) is 0 Å². The van der Waals surface area contributed by atoms with Crippen molar-refractivity contribution in [2.45, 2.75) is 19.3 Å². The van der Waals surface area contributed by atoms with Crippen molar-refractivity contribution in [1.29, 1.82) is 0 Å². The van der Waals surface area contributed by atoms with Gasteiger partial charge in [-0.25, -0.2) is 0 Å². The van der Waals surface area contributed by atoms with Crippen LogP contribution in [-0.2, 0) is 14.4 Å². The van der Waals surface area contributed by atoms with Gasteiger partial charge in [-0.05, 0) is 31.0 Å². The number of hydrogen-bond donors (Lipinski definition) is 1. The van der Waals surface area contributed by atoms with Gasteiger partial charge in [-0.2, -0.15) is 0 Å². The van der Waals surface area contributed by atoms with Crippen LogP contribution in [0.25, 0.3) is 0 Å². The van der Waals surface area contributed by atoms with Crippen LogP contribution in [0.15, 0.2) is 18.2 Å². The largest absolute Gasteiger partial charge is 0.495 e. The molecule has 0 saturated carbocycles. The Labute approximate surface area is 157 Å². The number of amides is 3. The second-order valence-corrected chi connectivity index (χ2v) is 7.16. The summed E-state index contributed by atoms with van der Waals surface area (Å²) in [4.78, 5) is 39.8. The monoisotopic (exact) mass is 379 g/mol. The molecule has 2 heterocycles. The molecule has 140 valence electrons. The SMILES string of the molecule is COc1ccc(Cl)cc1N1C[C@H](C(=O)N2CCC(C(N)=O)CC2)CC1=O. The van der Waals surface area contributed by atoms with E-state index in [1.165, 1.54) is 7.11 Å². The zero-order valence-electron chi connectivity index (χ0n) is 14.6. The van der Waals surface area contributed by atoms with Crippen LogP contribution in [0.4, 0.5) is 5.69 Å². The second kappa shape index (κ2) is 7.53. The third-order valence-electron chi connectivity index (χ3n) is 5.11. The molecule has 1 atom stereocenters. The number of carbonyl (C=O) groups excluding carboxylic acids is 3.